The predicted molar refractivity (Wildman–Crippen MR) is 71.1 cm³/mol. The summed E-state index contributed by atoms with van der Waals surface area (Å²) in [4.78, 5) is 14.1. The summed E-state index contributed by atoms with van der Waals surface area (Å²) in [6.45, 7) is 11.0. The Bertz CT molecular complexity index is 236. The Hall–Kier alpha value is -0.220. The normalized spacial score (nSPS) is 22.0. The van der Waals surface area contributed by atoms with Gasteiger partial charge in [-0.2, -0.15) is 13.5 Å². The Morgan fingerprint density at radius 1 is 1.38 bits per heavy atom. The third-order valence-corrected chi connectivity index (χ3v) is 2.64. The van der Waals surface area contributed by atoms with E-state index in [9.17, 15) is 4.79 Å². The van der Waals surface area contributed by atoms with Crippen LogP contribution in [0.3, 0.4) is 0 Å². The number of carbonyl (C=O) groups is 1. The molecule has 1 aliphatic rings. The quantitative estimate of drug-likeness (QED) is 0.701. The minimum atomic E-state index is -0.373. The lowest BCUT2D eigenvalue weighted by molar-refractivity contribution is -0.160. The maximum atomic E-state index is 11.9. The standard InChI is InChI=1S/C12H23NO2.H2S/c1-9(2)13-8-6-7-10(13)11(14)15-12(3,4)5;/h9-10H,6-8H2,1-5H3;1H2/t10-;/m0./s1. The van der Waals surface area contributed by atoms with Gasteiger partial charge in [-0.15, -0.1) is 0 Å². The zero-order valence-corrected chi connectivity index (χ0v) is 12.0. The Balaban J connectivity index is 0.00000225. The van der Waals surface area contributed by atoms with Crippen molar-refractivity contribution in [1.82, 2.24) is 4.90 Å². The molecule has 0 spiro atoms. The SMILES string of the molecule is CC(C)N1CCC[C@H]1C(=O)OC(C)(C)C.S. The maximum Gasteiger partial charge on any atom is 0.323 e. The third-order valence-electron chi connectivity index (χ3n) is 2.64. The molecule has 0 unspecified atom stereocenters. The molecule has 0 aliphatic carbocycles. The van der Waals surface area contributed by atoms with Crippen molar-refractivity contribution < 1.29 is 9.53 Å². The molecule has 1 aliphatic heterocycles. The van der Waals surface area contributed by atoms with E-state index in [1.165, 1.54) is 0 Å². The smallest absolute Gasteiger partial charge is 0.323 e. The second-order valence-corrected chi connectivity index (χ2v) is 5.52. The Labute approximate surface area is 106 Å². The van der Waals surface area contributed by atoms with Crippen LogP contribution < -0.4 is 0 Å². The van der Waals surface area contributed by atoms with E-state index in [0.717, 1.165) is 19.4 Å². The number of likely N-dealkylation sites (tertiary alicyclic amines) is 1. The average Bonchev–Trinajstić information content (AvgIpc) is 2.47. The van der Waals surface area contributed by atoms with Crippen LogP contribution in [0.1, 0.15) is 47.5 Å². The van der Waals surface area contributed by atoms with Crippen molar-refractivity contribution in [2.45, 2.75) is 65.1 Å². The molecule has 0 aromatic carbocycles. The molecule has 96 valence electrons. The van der Waals surface area contributed by atoms with E-state index in [-0.39, 0.29) is 31.1 Å². The van der Waals surface area contributed by atoms with Gasteiger partial charge in [0, 0.05) is 6.04 Å². The summed E-state index contributed by atoms with van der Waals surface area (Å²) in [6.07, 6.45) is 2.04. The van der Waals surface area contributed by atoms with Gasteiger partial charge < -0.3 is 4.74 Å². The van der Waals surface area contributed by atoms with Crippen LogP contribution >= 0.6 is 13.5 Å². The van der Waals surface area contributed by atoms with Gasteiger partial charge in [0.1, 0.15) is 11.6 Å². The first-order valence-corrected chi connectivity index (χ1v) is 5.80. The van der Waals surface area contributed by atoms with Crippen LogP contribution in [0.4, 0.5) is 0 Å². The lowest BCUT2D eigenvalue weighted by atomic mass is 10.1. The summed E-state index contributed by atoms with van der Waals surface area (Å²) in [7, 11) is 0. The molecule has 4 heteroatoms. The van der Waals surface area contributed by atoms with Crippen LogP contribution in [0.2, 0.25) is 0 Å². The molecular formula is C12H25NO2S. The Kier molecular flexibility index (Phi) is 5.84. The van der Waals surface area contributed by atoms with Gasteiger partial charge in [0.15, 0.2) is 0 Å². The minimum Gasteiger partial charge on any atom is -0.459 e. The summed E-state index contributed by atoms with van der Waals surface area (Å²) in [6, 6.07) is 0.397. The first-order chi connectivity index (χ1) is 6.81. The van der Waals surface area contributed by atoms with Gasteiger partial charge in [0.25, 0.3) is 0 Å². The third kappa shape index (κ3) is 4.34. The highest BCUT2D eigenvalue weighted by Gasteiger charge is 2.35. The van der Waals surface area contributed by atoms with E-state index in [1.54, 1.807) is 0 Å². The molecule has 16 heavy (non-hydrogen) atoms. The van der Waals surface area contributed by atoms with E-state index in [2.05, 4.69) is 18.7 Å². The first kappa shape index (κ1) is 15.8. The van der Waals surface area contributed by atoms with Crippen molar-refractivity contribution in [2.75, 3.05) is 6.54 Å². The largest absolute Gasteiger partial charge is 0.459 e. The molecule has 0 aromatic heterocycles. The Morgan fingerprint density at radius 3 is 2.38 bits per heavy atom. The van der Waals surface area contributed by atoms with Gasteiger partial charge in [0.2, 0.25) is 0 Å². The van der Waals surface area contributed by atoms with E-state index < -0.39 is 0 Å². The van der Waals surface area contributed by atoms with E-state index in [0.29, 0.717) is 6.04 Å². The fourth-order valence-corrected chi connectivity index (χ4v) is 2.03. The average molecular weight is 247 g/mol. The number of rotatable bonds is 2. The molecule has 1 saturated heterocycles. The van der Waals surface area contributed by atoms with Gasteiger partial charge in [-0.05, 0) is 54.0 Å². The van der Waals surface area contributed by atoms with Crippen LogP contribution in [0.15, 0.2) is 0 Å². The lowest BCUT2D eigenvalue weighted by Gasteiger charge is -2.29. The van der Waals surface area contributed by atoms with Gasteiger partial charge >= 0.3 is 5.97 Å². The predicted octanol–water partition coefficient (Wildman–Crippen LogP) is 2.31. The highest BCUT2D eigenvalue weighted by molar-refractivity contribution is 7.59. The monoisotopic (exact) mass is 247 g/mol. The van der Waals surface area contributed by atoms with E-state index in [1.807, 2.05) is 20.8 Å². The molecule has 0 bridgehead atoms. The molecule has 0 radical (unpaired) electrons. The highest BCUT2D eigenvalue weighted by atomic mass is 32.1. The van der Waals surface area contributed by atoms with Crippen LogP contribution in [0, 0.1) is 0 Å². The second kappa shape index (κ2) is 5.92. The molecule has 0 N–H and O–H groups in total. The number of nitrogens with zero attached hydrogens (tertiary/aromatic N) is 1. The van der Waals surface area contributed by atoms with Gasteiger partial charge in [-0.3, -0.25) is 9.69 Å². The summed E-state index contributed by atoms with van der Waals surface area (Å²) in [5, 5.41) is 0. The molecule has 0 aromatic rings. The number of hydrogen-bond donors (Lipinski definition) is 0. The zero-order chi connectivity index (χ0) is 11.6. The van der Waals surface area contributed by atoms with Crippen LogP contribution in [0.25, 0.3) is 0 Å². The van der Waals surface area contributed by atoms with Gasteiger partial charge in [-0.25, -0.2) is 0 Å². The molecule has 1 fully saturated rings. The number of ether oxygens (including phenoxy) is 1. The summed E-state index contributed by atoms with van der Waals surface area (Å²) in [5.74, 6) is -0.0614. The lowest BCUT2D eigenvalue weighted by Crippen LogP contribution is -2.43. The molecule has 1 heterocycles. The van der Waals surface area contributed by atoms with Crippen molar-refractivity contribution in [3.63, 3.8) is 0 Å². The van der Waals surface area contributed by atoms with Crippen LogP contribution in [0.5, 0.6) is 0 Å². The van der Waals surface area contributed by atoms with Gasteiger partial charge in [0.05, 0.1) is 0 Å². The van der Waals surface area contributed by atoms with E-state index >= 15 is 0 Å². The van der Waals surface area contributed by atoms with Crippen molar-refractivity contribution in [1.29, 1.82) is 0 Å². The Morgan fingerprint density at radius 2 is 1.94 bits per heavy atom. The van der Waals surface area contributed by atoms with Crippen molar-refractivity contribution in [3.8, 4) is 0 Å². The second-order valence-electron chi connectivity index (χ2n) is 5.52. The van der Waals surface area contributed by atoms with E-state index in [4.69, 9.17) is 4.74 Å². The molecule has 0 saturated carbocycles. The number of carbonyl (C=O) groups excluding carboxylic acids is 1. The van der Waals surface area contributed by atoms with Crippen LogP contribution in [-0.2, 0) is 9.53 Å². The highest BCUT2D eigenvalue weighted by Crippen LogP contribution is 2.22. The summed E-state index contributed by atoms with van der Waals surface area (Å²) in [5.41, 5.74) is -0.373. The molecule has 3 nitrogen and oxygen atoms in total. The minimum absolute atomic E-state index is 0. The summed E-state index contributed by atoms with van der Waals surface area (Å²) >= 11 is 0. The molecular weight excluding hydrogens is 222 g/mol. The number of hydrogen-bond acceptors (Lipinski definition) is 3. The van der Waals surface area contributed by atoms with Gasteiger partial charge in [-0.1, -0.05) is 0 Å². The first-order valence-electron chi connectivity index (χ1n) is 5.80. The van der Waals surface area contributed by atoms with Crippen LogP contribution in [-0.4, -0.2) is 35.1 Å². The summed E-state index contributed by atoms with van der Waals surface area (Å²) < 4.78 is 5.42. The fourth-order valence-electron chi connectivity index (χ4n) is 2.03. The molecule has 1 atom stereocenters. The molecule has 1 rings (SSSR count). The van der Waals surface area contributed by atoms with Crippen molar-refractivity contribution >= 4 is 19.5 Å². The topological polar surface area (TPSA) is 29.5 Å². The number of esters is 1. The van der Waals surface area contributed by atoms with Crippen molar-refractivity contribution in [2.24, 2.45) is 0 Å². The fraction of sp³-hybridized carbons (Fsp3) is 0.917. The maximum absolute atomic E-state index is 11.9. The zero-order valence-electron chi connectivity index (χ0n) is 11.0. The molecule has 0 amide bonds. The van der Waals surface area contributed by atoms with Crippen molar-refractivity contribution in [3.05, 3.63) is 0 Å².